The molecule has 0 N–H and O–H groups in total. The van der Waals surface area contributed by atoms with E-state index in [2.05, 4.69) is 28.9 Å². The van der Waals surface area contributed by atoms with Gasteiger partial charge < -0.3 is 14.6 Å². The summed E-state index contributed by atoms with van der Waals surface area (Å²) in [5.74, 6) is 1.12. The third-order valence-electron chi connectivity index (χ3n) is 3.30. The zero-order chi connectivity index (χ0) is 12.5. The van der Waals surface area contributed by atoms with Crippen LogP contribution < -0.4 is 4.98 Å². The molecular formula is C14H15N4Pd-. The Morgan fingerprint density at radius 3 is 2.79 bits per heavy atom. The van der Waals surface area contributed by atoms with Gasteiger partial charge in [-0.1, -0.05) is 38.1 Å². The molecule has 2 heterocycles. The van der Waals surface area contributed by atoms with Gasteiger partial charge in [-0.05, 0) is 24.1 Å². The van der Waals surface area contributed by atoms with Gasteiger partial charge in [0.25, 0.3) is 0 Å². The van der Waals surface area contributed by atoms with E-state index < -0.39 is 0 Å². The van der Waals surface area contributed by atoms with Crippen LogP contribution in [-0.4, -0.2) is 14.8 Å². The van der Waals surface area contributed by atoms with E-state index in [1.807, 2.05) is 41.2 Å². The van der Waals surface area contributed by atoms with Crippen LogP contribution in [0.4, 0.5) is 0 Å². The second-order valence-electron chi connectivity index (χ2n) is 4.49. The van der Waals surface area contributed by atoms with E-state index in [0.717, 1.165) is 23.1 Å². The van der Waals surface area contributed by atoms with Gasteiger partial charge in [0.2, 0.25) is 0 Å². The van der Waals surface area contributed by atoms with Crippen molar-refractivity contribution in [3.05, 3.63) is 42.2 Å². The number of hydrogen-bond donors (Lipinski definition) is 0. The maximum atomic E-state index is 4.52. The van der Waals surface area contributed by atoms with Crippen molar-refractivity contribution in [2.24, 2.45) is 0 Å². The van der Waals surface area contributed by atoms with Gasteiger partial charge in [0.05, 0.1) is 0 Å². The Morgan fingerprint density at radius 2 is 2.05 bits per heavy atom. The van der Waals surface area contributed by atoms with Crippen molar-refractivity contribution in [1.29, 1.82) is 0 Å². The largest absolute Gasteiger partial charge is 0.357 e. The Balaban J connectivity index is 0.00000133. The third kappa shape index (κ3) is 2.49. The van der Waals surface area contributed by atoms with Crippen molar-refractivity contribution in [2.75, 3.05) is 0 Å². The van der Waals surface area contributed by atoms with Crippen molar-refractivity contribution in [3.8, 4) is 5.95 Å². The number of imidazole rings is 1. The maximum absolute atomic E-state index is 4.52. The van der Waals surface area contributed by atoms with Crippen molar-refractivity contribution in [2.45, 2.75) is 26.2 Å². The number of nitrogens with zero attached hydrogens (tertiary/aromatic N) is 4. The molecule has 0 aliphatic carbocycles. The minimum atomic E-state index is 0. The number of para-hydroxylation sites is 2. The Bertz CT molecular complexity index is 638. The van der Waals surface area contributed by atoms with E-state index in [4.69, 9.17) is 0 Å². The van der Waals surface area contributed by atoms with Crippen molar-refractivity contribution >= 4 is 11.0 Å². The summed E-state index contributed by atoms with van der Waals surface area (Å²) in [5, 5.41) is 4.34. The van der Waals surface area contributed by atoms with Crippen molar-refractivity contribution < 1.29 is 20.4 Å². The molecule has 0 bridgehead atoms. The average Bonchev–Trinajstić information content (AvgIpc) is 3.03. The smallest absolute Gasteiger partial charge is 0.0430 e. The fraction of sp³-hybridized carbons (Fsp3) is 0.286. The third-order valence-corrected chi connectivity index (χ3v) is 3.30. The molecule has 0 spiro atoms. The Hall–Kier alpha value is -1.44. The first-order valence-electron chi connectivity index (χ1n) is 6.23. The fourth-order valence-electron chi connectivity index (χ4n) is 2.05. The average molecular weight is 346 g/mol. The summed E-state index contributed by atoms with van der Waals surface area (Å²) in [7, 11) is 0. The molecular weight excluding hydrogens is 331 g/mol. The first-order chi connectivity index (χ1) is 8.79. The molecule has 0 aliphatic rings. The zero-order valence-corrected chi connectivity index (χ0v) is 12.4. The number of hydrogen-bond acceptors (Lipinski definition) is 2. The molecule has 0 aliphatic heterocycles. The van der Waals surface area contributed by atoms with E-state index in [9.17, 15) is 0 Å². The topological polar surface area (TPSA) is 44.8 Å². The summed E-state index contributed by atoms with van der Waals surface area (Å²) in [6.45, 7) is 4.36. The minimum absolute atomic E-state index is 0. The summed E-state index contributed by atoms with van der Waals surface area (Å²) < 4.78 is 1.84. The molecule has 3 aromatic rings. The molecule has 0 saturated carbocycles. The number of fused-ring (bicyclic) bond motifs is 1. The zero-order valence-electron chi connectivity index (χ0n) is 10.9. The molecule has 2 aromatic heterocycles. The minimum Gasteiger partial charge on any atom is -0.357 e. The number of aromatic nitrogens is 4. The maximum Gasteiger partial charge on any atom is 0.0430 e. The second-order valence-corrected chi connectivity index (χ2v) is 4.49. The van der Waals surface area contributed by atoms with Crippen molar-refractivity contribution in [3.63, 3.8) is 0 Å². The monoisotopic (exact) mass is 345 g/mol. The van der Waals surface area contributed by atoms with E-state index in [1.165, 1.54) is 0 Å². The van der Waals surface area contributed by atoms with Gasteiger partial charge in [-0.25, -0.2) is 5.10 Å². The molecule has 0 fully saturated rings. The first kappa shape index (κ1) is 14.0. The number of rotatable bonds is 3. The molecule has 0 amide bonds. The SMILES string of the molecule is CCC(C)c1ccnn1-c1nc2ccccc2[n-]1.[Pd]. The van der Waals surface area contributed by atoms with Crippen LogP contribution >= 0.6 is 0 Å². The van der Waals surface area contributed by atoms with Gasteiger partial charge >= 0.3 is 0 Å². The van der Waals surface area contributed by atoms with E-state index in [0.29, 0.717) is 11.9 Å². The van der Waals surface area contributed by atoms with Crippen LogP contribution in [0, 0.1) is 0 Å². The predicted molar refractivity (Wildman–Crippen MR) is 70.9 cm³/mol. The molecule has 1 aromatic carbocycles. The van der Waals surface area contributed by atoms with Crippen LogP contribution in [-0.2, 0) is 20.4 Å². The molecule has 1 atom stereocenters. The second kappa shape index (κ2) is 5.69. The van der Waals surface area contributed by atoms with Gasteiger partial charge in [0, 0.05) is 43.6 Å². The van der Waals surface area contributed by atoms with E-state index in [-0.39, 0.29) is 20.4 Å². The molecule has 3 rings (SSSR count). The van der Waals surface area contributed by atoms with Crippen LogP contribution in [0.1, 0.15) is 31.9 Å². The molecule has 19 heavy (non-hydrogen) atoms. The van der Waals surface area contributed by atoms with Gasteiger partial charge in [0.1, 0.15) is 0 Å². The van der Waals surface area contributed by atoms with Crippen molar-refractivity contribution in [1.82, 2.24) is 19.7 Å². The molecule has 0 saturated heterocycles. The predicted octanol–water partition coefficient (Wildman–Crippen LogP) is 2.89. The van der Waals surface area contributed by atoms with E-state index >= 15 is 0 Å². The van der Waals surface area contributed by atoms with Gasteiger partial charge in [-0.15, -0.1) is 0 Å². The molecule has 4 nitrogen and oxygen atoms in total. The van der Waals surface area contributed by atoms with Gasteiger partial charge in [-0.3, -0.25) is 0 Å². The number of benzene rings is 1. The van der Waals surface area contributed by atoms with Crippen LogP contribution in [0.5, 0.6) is 0 Å². The molecule has 5 heteroatoms. The normalized spacial score (nSPS) is 12.3. The van der Waals surface area contributed by atoms with Crippen LogP contribution in [0.3, 0.4) is 0 Å². The van der Waals surface area contributed by atoms with Crippen LogP contribution in [0.2, 0.25) is 0 Å². The van der Waals surface area contributed by atoms with Gasteiger partial charge in [-0.2, -0.15) is 0 Å². The quantitative estimate of drug-likeness (QED) is 0.686. The summed E-state index contributed by atoms with van der Waals surface area (Å²) in [6.07, 6.45) is 2.88. The summed E-state index contributed by atoms with van der Waals surface area (Å²) in [6, 6.07) is 9.92. The van der Waals surface area contributed by atoms with E-state index in [1.54, 1.807) is 0 Å². The first-order valence-corrected chi connectivity index (χ1v) is 6.23. The summed E-state index contributed by atoms with van der Waals surface area (Å²) in [5.41, 5.74) is 2.99. The van der Waals surface area contributed by atoms with Gasteiger partial charge in [0.15, 0.2) is 0 Å². The van der Waals surface area contributed by atoms with Crippen LogP contribution in [0.15, 0.2) is 36.5 Å². The standard InChI is InChI=1S/C14H15N4.Pd/c1-3-10(2)13-8-9-15-18(13)14-16-11-6-4-5-7-12(11)17-14;/h4-10H,3H2,1-2H3;/q-1;. The fourth-order valence-corrected chi connectivity index (χ4v) is 2.05. The molecule has 1 unspecified atom stereocenters. The Kier molecular flexibility index (Phi) is 4.18. The Morgan fingerprint density at radius 1 is 1.26 bits per heavy atom. The molecule has 102 valence electrons. The molecule has 0 radical (unpaired) electrons. The summed E-state index contributed by atoms with van der Waals surface area (Å²) in [4.78, 5) is 9.04. The summed E-state index contributed by atoms with van der Waals surface area (Å²) >= 11 is 0. The van der Waals surface area contributed by atoms with Crippen LogP contribution in [0.25, 0.3) is 17.0 Å². The Labute approximate surface area is 125 Å².